The summed E-state index contributed by atoms with van der Waals surface area (Å²) in [6.45, 7) is 6.28. The molecule has 1 aromatic rings. The second-order valence-electron chi connectivity index (χ2n) is 4.03. The van der Waals surface area contributed by atoms with Gasteiger partial charge in [0.15, 0.2) is 12.0 Å². The monoisotopic (exact) mass is 239 g/mol. The highest BCUT2D eigenvalue weighted by molar-refractivity contribution is 5.66. The summed E-state index contributed by atoms with van der Waals surface area (Å²) in [5.41, 5.74) is 0. The van der Waals surface area contributed by atoms with Gasteiger partial charge in [-0.2, -0.15) is 0 Å². The van der Waals surface area contributed by atoms with E-state index in [2.05, 4.69) is 4.90 Å². The fraction of sp³-hybridized carbons (Fsp3) is 0.583. The lowest BCUT2D eigenvalue weighted by Crippen LogP contribution is -2.35. The van der Waals surface area contributed by atoms with Crippen molar-refractivity contribution in [2.45, 2.75) is 20.0 Å². The zero-order chi connectivity index (χ0) is 12.3. The van der Waals surface area contributed by atoms with Crippen LogP contribution in [0.5, 0.6) is 0 Å². The minimum Gasteiger partial charge on any atom is -0.455 e. The lowest BCUT2D eigenvalue weighted by atomic mass is 10.3. The summed E-state index contributed by atoms with van der Waals surface area (Å²) in [6.07, 6.45) is -0.345. The predicted octanol–water partition coefficient (Wildman–Crippen LogP) is 1.74. The molecule has 0 aliphatic carbocycles. The summed E-state index contributed by atoms with van der Waals surface area (Å²) in [5.74, 6) is 1.17. The van der Waals surface area contributed by atoms with Crippen molar-refractivity contribution in [2.75, 3.05) is 31.2 Å². The van der Waals surface area contributed by atoms with Crippen LogP contribution in [0.4, 0.5) is 5.88 Å². The Hall–Kier alpha value is -1.49. The minimum absolute atomic E-state index is 0.304. The fourth-order valence-electron chi connectivity index (χ4n) is 1.82. The summed E-state index contributed by atoms with van der Waals surface area (Å²) in [4.78, 5) is 13.0. The van der Waals surface area contributed by atoms with Crippen LogP contribution in [0.1, 0.15) is 25.7 Å². The number of hydrogen-bond acceptors (Lipinski definition) is 5. The third-order valence-electron chi connectivity index (χ3n) is 2.68. The normalized spacial score (nSPS) is 17.9. The number of anilines is 1. The molecule has 0 aromatic carbocycles. The van der Waals surface area contributed by atoms with Crippen LogP contribution in [0, 0.1) is 0 Å². The number of rotatable bonds is 3. The zero-order valence-electron chi connectivity index (χ0n) is 10.1. The second kappa shape index (κ2) is 5.23. The molecule has 1 saturated heterocycles. The van der Waals surface area contributed by atoms with E-state index in [1.807, 2.05) is 12.1 Å². The van der Waals surface area contributed by atoms with Gasteiger partial charge in [-0.1, -0.05) is 0 Å². The Balaban J connectivity index is 2.01. The molecule has 5 heteroatoms. The van der Waals surface area contributed by atoms with Crippen molar-refractivity contribution in [3.8, 4) is 0 Å². The van der Waals surface area contributed by atoms with Gasteiger partial charge in [0.05, 0.1) is 13.2 Å². The van der Waals surface area contributed by atoms with E-state index in [9.17, 15) is 4.79 Å². The third kappa shape index (κ3) is 3.00. The number of esters is 1. The molecule has 0 bridgehead atoms. The highest BCUT2D eigenvalue weighted by Gasteiger charge is 2.18. The van der Waals surface area contributed by atoms with Crippen LogP contribution >= 0.6 is 0 Å². The molecule has 1 aliphatic rings. The van der Waals surface area contributed by atoms with Crippen molar-refractivity contribution in [3.63, 3.8) is 0 Å². The maximum Gasteiger partial charge on any atom is 0.303 e. The zero-order valence-corrected chi connectivity index (χ0v) is 10.1. The number of morpholine rings is 1. The molecule has 1 fully saturated rings. The molecule has 1 aliphatic heterocycles. The van der Waals surface area contributed by atoms with Crippen molar-refractivity contribution in [2.24, 2.45) is 0 Å². The molecule has 0 radical (unpaired) electrons. The van der Waals surface area contributed by atoms with Gasteiger partial charge in [0, 0.05) is 26.1 Å². The Bertz CT molecular complexity index is 382. The van der Waals surface area contributed by atoms with Crippen molar-refractivity contribution in [3.05, 3.63) is 17.9 Å². The average Bonchev–Trinajstić information content (AvgIpc) is 2.78. The van der Waals surface area contributed by atoms with E-state index in [1.54, 1.807) is 6.92 Å². The van der Waals surface area contributed by atoms with Gasteiger partial charge < -0.3 is 18.8 Å². The molecule has 0 saturated carbocycles. The van der Waals surface area contributed by atoms with E-state index in [1.165, 1.54) is 6.92 Å². The van der Waals surface area contributed by atoms with E-state index < -0.39 is 0 Å². The van der Waals surface area contributed by atoms with Crippen molar-refractivity contribution in [1.29, 1.82) is 0 Å². The van der Waals surface area contributed by atoms with Crippen molar-refractivity contribution < 1.29 is 18.7 Å². The number of hydrogen-bond donors (Lipinski definition) is 0. The maximum atomic E-state index is 10.8. The Morgan fingerprint density at radius 3 is 2.76 bits per heavy atom. The largest absolute Gasteiger partial charge is 0.455 e. The van der Waals surface area contributed by atoms with E-state index in [4.69, 9.17) is 13.9 Å². The quantitative estimate of drug-likeness (QED) is 0.752. The smallest absolute Gasteiger partial charge is 0.303 e. The van der Waals surface area contributed by atoms with Crippen LogP contribution in [0.15, 0.2) is 16.5 Å². The number of furan rings is 1. The number of carbonyl (C=O) groups excluding carboxylic acids is 1. The Morgan fingerprint density at radius 2 is 2.12 bits per heavy atom. The predicted molar refractivity (Wildman–Crippen MR) is 61.9 cm³/mol. The van der Waals surface area contributed by atoms with E-state index >= 15 is 0 Å². The van der Waals surface area contributed by atoms with E-state index in [0.29, 0.717) is 5.76 Å². The number of carbonyl (C=O) groups is 1. The minimum atomic E-state index is -0.345. The summed E-state index contributed by atoms with van der Waals surface area (Å²) in [5, 5.41) is 0. The Morgan fingerprint density at radius 1 is 1.41 bits per heavy atom. The fourth-order valence-corrected chi connectivity index (χ4v) is 1.82. The molecule has 1 unspecified atom stereocenters. The number of ether oxygens (including phenoxy) is 2. The van der Waals surface area contributed by atoms with Gasteiger partial charge in [-0.05, 0) is 13.0 Å². The summed E-state index contributed by atoms with van der Waals surface area (Å²) >= 11 is 0. The van der Waals surface area contributed by atoms with Gasteiger partial charge >= 0.3 is 5.97 Å². The van der Waals surface area contributed by atoms with Gasteiger partial charge in [-0.3, -0.25) is 4.79 Å². The first kappa shape index (κ1) is 12.0. The van der Waals surface area contributed by atoms with Crippen LogP contribution in [0.25, 0.3) is 0 Å². The molecule has 0 N–H and O–H groups in total. The highest BCUT2D eigenvalue weighted by atomic mass is 16.6. The Labute approximate surface area is 100 Å². The summed E-state index contributed by atoms with van der Waals surface area (Å²) < 4.78 is 16.0. The highest BCUT2D eigenvalue weighted by Crippen LogP contribution is 2.25. The van der Waals surface area contributed by atoms with Gasteiger partial charge in [0.2, 0.25) is 0 Å². The first-order valence-corrected chi connectivity index (χ1v) is 5.76. The molecule has 94 valence electrons. The molecule has 5 nitrogen and oxygen atoms in total. The molecule has 2 rings (SSSR count). The van der Waals surface area contributed by atoms with Crippen LogP contribution < -0.4 is 4.90 Å². The molecule has 2 heterocycles. The van der Waals surface area contributed by atoms with Crippen LogP contribution in [0.2, 0.25) is 0 Å². The molecular weight excluding hydrogens is 222 g/mol. The maximum absolute atomic E-state index is 10.8. The lowest BCUT2D eigenvalue weighted by Gasteiger charge is -2.26. The van der Waals surface area contributed by atoms with Gasteiger partial charge in [-0.15, -0.1) is 0 Å². The van der Waals surface area contributed by atoms with Gasteiger partial charge in [0.25, 0.3) is 0 Å². The van der Waals surface area contributed by atoms with E-state index in [0.717, 1.165) is 32.2 Å². The van der Waals surface area contributed by atoms with Crippen molar-refractivity contribution >= 4 is 11.9 Å². The summed E-state index contributed by atoms with van der Waals surface area (Å²) in [7, 11) is 0. The van der Waals surface area contributed by atoms with E-state index in [-0.39, 0.29) is 12.1 Å². The van der Waals surface area contributed by atoms with Crippen LogP contribution in [-0.4, -0.2) is 32.3 Å². The second-order valence-corrected chi connectivity index (χ2v) is 4.03. The first-order valence-electron chi connectivity index (χ1n) is 5.76. The first-order chi connectivity index (χ1) is 8.16. The summed E-state index contributed by atoms with van der Waals surface area (Å²) in [6, 6.07) is 3.75. The molecule has 0 amide bonds. The molecule has 0 spiro atoms. The van der Waals surface area contributed by atoms with Gasteiger partial charge in [-0.25, -0.2) is 0 Å². The lowest BCUT2D eigenvalue weighted by molar-refractivity contribution is -0.146. The third-order valence-corrected chi connectivity index (χ3v) is 2.68. The molecule has 17 heavy (non-hydrogen) atoms. The molecular formula is C12H17NO4. The molecule has 1 atom stereocenters. The van der Waals surface area contributed by atoms with Crippen LogP contribution in [0.3, 0.4) is 0 Å². The van der Waals surface area contributed by atoms with Crippen molar-refractivity contribution in [1.82, 2.24) is 0 Å². The average molecular weight is 239 g/mol. The number of nitrogens with zero attached hydrogens (tertiary/aromatic N) is 1. The topological polar surface area (TPSA) is 51.9 Å². The molecule has 1 aromatic heterocycles. The van der Waals surface area contributed by atoms with Crippen LogP contribution in [-0.2, 0) is 14.3 Å². The standard InChI is InChI=1S/C12H17NO4/c1-9(16-10(2)14)11-3-4-12(17-11)13-5-7-15-8-6-13/h3-4,9H,5-8H2,1-2H3. The van der Waals surface area contributed by atoms with Gasteiger partial charge in [0.1, 0.15) is 5.76 Å². The Kier molecular flexibility index (Phi) is 3.68. The SMILES string of the molecule is CC(=O)OC(C)c1ccc(N2CCOCC2)o1.